The lowest BCUT2D eigenvalue weighted by atomic mass is 10.0. The Morgan fingerprint density at radius 1 is 1.00 bits per heavy atom. The molecule has 0 amide bonds. The van der Waals surface area contributed by atoms with Crippen LogP contribution in [-0.2, 0) is 16.4 Å². The first kappa shape index (κ1) is 22.5. The van der Waals surface area contributed by atoms with Gasteiger partial charge in [0.15, 0.2) is 0 Å². The predicted molar refractivity (Wildman–Crippen MR) is 124 cm³/mol. The Hall–Kier alpha value is -1.73. The van der Waals surface area contributed by atoms with Gasteiger partial charge in [0.25, 0.3) is 0 Å². The molecule has 1 saturated heterocycles. The number of hydrogen-bond acceptors (Lipinski definition) is 4. The van der Waals surface area contributed by atoms with Gasteiger partial charge in [-0.3, -0.25) is 0 Å². The van der Waals surface area contributed by atoms with Crippen molar-refractivity contribution in [1.82, 2.24) is 9.62 Å². The Kier molecular flexibility index (Phi) is 6.82. The second-order valence-electron chi connectivity index (χ2n) is 9.25. The third-order valence-electron chi connectivity index (χ3n) is 7.04. The lowest BCUT2D eigenvalue weighted by molar-refractivity contribution is 0.185. The average Bonchev–Trinajstić information content (AvgIpc) is 3.41. The Bertz CT molecular complexity index is 965. The fourth-order valence-corrected chi connectivity index (χ4v) is 6.43. The fraction of sp³-hybridized carbons (Fsp3) is 0.520. The molecular formula is C25H34N2O3S. The van der Waals surface area contributed by atoms with Crippen LogP contribution in [-0.4, -0.2) is 49.7 Å². The minimum Gasteiger partial charge on any atom is -0.394 e. The molecule has 5 nitrogen and oxygen atoms in total. The molecule has 0 bridgehead atoms. The summed E-state index contributed by atoms with van der Waals surface area (Å²) in [6.45, 7) is 4.47. The van der Waals surface area contributed by atoms with Crippen molar-refractivity contribution in [2.45, 2.75) is 68.3 Å². The molecule has 31 heavy (non-hydrogen) atoms. The van der Waals surface area contributed by atoms with Gasteiger partial charge in [-0.15, -0.1) is 0 Å². The van der Waals surface area contributed by atoms with Crippen molar-refractivity contribution >= 4 is 10.0 Å². The van der Waals surface area contributed by atoms with Gasteiger partial charge in [-0.05, 0) is 74.4 Å². The van der Waals surface area contributed by atoms with Gasteiger partial charge in [0.1, 0.15) is 0 Å². The summed E-state index contributed by atoms with van der Waals surface area (Å²) in [4.78, 5) is 2.81. The standard InChI is InChI=1S/C25H34N2O3S/c1-20-5-4-17-27(20)18-14-21-6-8-22(9-7-21)23-10-12-24(13-11-23)31(29,30)26-25(19-28)15-2-3-16-25/h6-13,20,26,28H,2-5,14-19H2,1H3. The quantitative estimate of drug-likeness (QED) is 0.649. The number of aliphatic hydroxyl groups is 1. The predicted octanol–water partition coefficient (Wildman–Crippen LogP) is 3.96. The van der Waals surface area contributed by atoms with E-state index in [-0.39, 0.29) is 11.5 Å². The van der Waals surface area contributed by atoms with Gasteiger partial charge in [0.05, 0.1) is 17.0 Å². The van der Waals surface area contributed by atoms with E-state index in [1.807, 2.05) is 12.1 Å². The van der Waals surface area contributed by atoms with E-state index in [4.69, 9.17) is 0 Å². The number of sulfonamides is 1. The minimum absolute atomic E-state index is 0.159. The summed E-state index contributed by atoms with van der Waals surface area (Å²) < 4.78 is 28.4. The van der Waals surface area contributed by atoms with Crippen LogP contribution in [0.2, 0.25) is 0 Å². The number of hydrogen-bond donors (Lipinski definition) is 2. The first-order valence-electron chi connectivity index (χ1n) is 11.5. The molecule has 1 aliphatic carbocycles. The van der Waals surface area contributed by atoms with Crippen molar-refractivity contribution in [2.24, 2.45) is 0 Å². The molecule has 0 spiro atoms. The largest absolute Gasteiger partial charge is 0.394 e. The summed E-state index contributed by atoms with van der Waals surface area (Å²) in [5.41, 5.74) is 2.70. The van der Waals surface area contributed by atoms with E-state index < -0.39 is 15.6 Å². The van der Waals surface area contributed by atoms with Gasteiger partial charge >= 0.3 is 0 Å². The zero-order chi connectivity index (χ0) is 21.9. The second-order valence-corrected chi connectivity index (χ2v) is 10.9. The summed E-state index contributed by atoms with van der Waals surface area (Å²) in [7, 11) is -3.65. The third kappa shape index (κ3) is 5.20. The molecule has 1 heterocycles. The summed E-state index contributed by atoms with van der Waals surface area (Å²) in [5.74, 6) is 0. The second kappa shape index (κ2) is 9.41. The number of benzene rings is 2. The van der Waals surface area contributed by atoms with E-state index in [1.54, 1.807) is 12.1 Å². The zero-order valence-electron chi connectivity index (χ0n) is 18.4. The summed E-state index contributed by atoms with van der Waals surface area (Å²) >= 11 is 0. The van der Waals surface area contributed by atoms with Crippen LogP contribution in [0, 0.1) is 0 Å². The van der Waals surface area contributed by atoms with Gasteiger partial charge in [-0.1, -0.05) is 49.2 Å². The van der Waals surface area contributed by atoms with Crippen molar-refractivity contribution in [3.63, 3.8) is 0 Å². The summed E-state index contributed by atoms with van der Waals surface area (Å²) in [6, 6.07) is 16.3. The van der Waals surface area contributed by atoms with Gasteiger partial charge in [-0.2, -0.15) is 0 Å². The minimum atomic E-state index is -3.65. The monoisotopic (exact) mass is 442 g/mol. The normalized spacial score (nSPS) is 21.5. The Morgan fingerprint density at radius 3 is 2.16 bits per heavy atom. The molecule has 6 heteroatoms. The number of aliphatic hydroxyl groups excluding tert-OH is 1. The number of rotatable bonds is 8. The van der Waals surface area contributed by atoms with Crippen molar-refractivity contribution in [3.8, 4) is 11.1 Å². The summed E-state index contributed by atoms with van der Waals surface area (Å²) in [5, 5.41) is 9.73. The SMILES string of the molecule is CC1CCCN1CCc1ccc(-c2ccc(S(=O)(=O)NC3(CO)CCCC3)cc2)cc1. The van der Waals surface area contributed by atoms with Crippen LogP contribution in [0.5, 0.6) is 0 Å². The summed E-state index contributed by atoms with van der Waals surface area (Å²) in [6.07, 6.45) is 6.92. The van der Waals surface area contributed by atoms with Crippen molar-refractivity contribution in [1.29, 1.82) is 0 Å². The highest BCUT2D eigenvalue weighted by Crippen LogP contribution is 2.31. The average molecular weight is 443 g/mol. The van der Waals surface area contributed by atoms with E-state index in [2.05, 4.69) is 40.8 Å². The molecule has 0 radical (unpaired) electrons. The van der Waals surface area contributed by atoms with E-state index in [0.29, 0.717) is 18.9 Å². The van der Waals surface area contributed by atoms with Crippen LogP contribution < -0.4 is 4.72 Å². The molecule has 2 aromatic rings. The molecule has 0 aromatic heterocycles. The van der Waals surface area contributed by atoms with Gasteiger partial charge in [0, 0.05) is 12.6 Å². The van der Waals surface area contributed by atoms with Crippen LogP contribution in [0.25, 0.3) is 11.1 Å². The highest BCUT2D eigenvalue weighted by atomic mass is 32.2. The lowest BCUT2D eigenvalue weighted by Crippen LogP contribution is -2.49. The van der Waals surface area contributed by atoms with Crippen LogP contribution in [0.1, 0.15) is 51.0 Å². The molecule has 2 fully saturated rings. The molecule has 1 unspecified atom stereocenters. The Morgan fingerprint density at radius 2 is 1.61 bits per heavy atom. The van der Waals surface area contributed by atoms with E-state index in [9.17, 15) is 13.5 Å². The third-order valence-corrected chi connectivity index (χ3v) is 8.64. The lowest BCUT2D eigenvalue weighted by Gasteiger charge is -2.27. The maximum absolute atomic E-state index is 12.8. The molecule has 168 valence electrons. The van der Waals surface area contributed by atoms with Crippen molar-refractivity contribution in [3.05, 3.63) is 54.1 Å². The molecule has 1 aliphatic heterocycles. The molecule has 2 aliphatic rings. The molecule has 1 atom stereocenters. The number of nitrogens with zero attached hydrogens (tertiary/aromatic N) is 1. The molecular weight excluding hydrogens is 408 g/mol. The van der Waals surface area contributed by atoms with Gasteiger partial charge in [-0.25, -0.2) is 13.1 Å². The van der Waals surface area contributed by atoms with Crippen molar-refractivity contribution in [2.75, 3.05) is 19.7 Å². The molecule has 2 N–H and O–H groups in total. The van der Waals surface area contributed by atoms with E-state index in [0.717, 1.165) is 36.9 Å². The fourth-order valence-electron chi connectivity index (χ4n) is 4.98. The van der Waals surface area contributed by atoms with Crippen LogP contribution in [0.4, 0.5) is 0 Å². The zero-order valence-corrected chi connectivity index (χ0v) is 19.2. The number of likely N-dealkylation sites (tertiary alicyclic amines) is 1. The van der Waals surface area contributed by atoms with E-state index in [1.165, 1.54) is 24.9 Å². The van der Waals surface area contributed by atoms with E-state index >= 15 is 0 Å². The van der Waals surface area contributed by atoms with Gasteiger partial charge < -0.3 is 10.0 Å². The number of nitrogens with one attached hydrogen (secondary N) is 1. The molecule has 1 saturated carbocycles. The maximum Gasteiger partial charge on any atom is 0.241 e. The highest BCUT2D eigenvalue weighted by molar-refractivity contribution is 7.89. The smallest absolute Gasteiger partial charge is 0.241 e. The van der Waals surface area contributed by atoms with Gasteiger partial charge in [0.2, 0.25) is 10.0 Å². The Labute approximate surface area is 186 Å². The highest BCUT2D eigenvalue weighted by Gasteiger charge is 2.37. The van der Waals surface area contributed by atoms with Crippen LogP contribution >= 0.6 is 0 Å². The van der Waals surface area contributed by atoms with Crippen LogP contribution in [0.3, 0.4) is 0 Å². The Balaban J connectivity index is 1.40. The maximum atomic E-state index is 12.8. The van der Waals surface area contributed by atoms with Crippen LogP contribution in [0.15, 0.2) is 53.4 Å². The molecule has 4 rings (SSSR count). The van der Waals surface area contributed by atoms with Crippen molar-refractivity contribution < 1.29 is 13.5 Å². The first-order chi connectivity index (χ1) is 14.9. The topological polar surface area (TPSA) is 69.6 Å². The molecule has 2 aromatic carbocycles. The first-order valence-corrected chi connectivity index (χ1v) is 13.0.